The molecule has 0 saturated carbocycles. The highest BCUT2D eigenvalue weighted by Gasteiger charge is 2.45. The SMILES string of the molecule is CN1/C(=C\C2=C([O-])C(=C\C3=[N+](C)c4ccc(C(=O)O)cc4C3(C)C)/C2=C(C#N)C#N)C(C)(C)c2cc(C(=O)O)ccc21. The summed E-state index contributed by atoms with van der Waals surface area (Å²) in [6.07, 6.45) is 3.37. The zero-order valence-electron chi connectivity index (χ0n) is 24.0. The largest absolute Gasteiger partial charge is 0.872 e. The number of benzene rings is 2. The molecule has 2 aliphatic heterocycles. The summed E-state index contributed by atoms with van der Waals surface area (Å²) in [5.74, 6) is -2.40. The third-order valence-corrected chi connectivity index (χ3v) is 8.62. The van der Waals surface area contributed by atoms with E-state index in [9.17, 15) is 35.4 Å². The minimum atomic E-state index is -1.04. The van der Waals surface area contributed by atoms with Crippen molar-refractivity contribution >= 4 is 29.0 Å². The van der Waals surface area contributed by atoms with Crippen LogP contribution in [0.15, 0.2) is 82.3 Å². The van der Waals surface area contributed by atoms with Crippen LogP contribution in [0.25, 0.3) is 0 Å². The average molecular weight is 561 g/mol. The number of likely N-dealkylation sites (N-methyl/N-ethyl adjacent to an activating group) is 1. The molecule has 0 atom stereocenters. The Balaban J connectivity index is 1.66. The molecule has 0 fully saturated rings. The molecule has 2 N–H and O–H groups in total. The fourth-order valence-electron chi connectivity index (χ4n) is 6.26. The molecule has 0 bridgehead atoms. The summed E-state index contributed by atoms with van der Waals surface area (Å²) in [4.78, 5) is 25.1. The van der Waals surface area contributed by atoms with E-state index in [1.54, 1.807) is 36.4 Å². The van der Waals surface area contributed by atoms with Crippen LogP contribution in [-0.2, 0) is 10.8 Å². The number of hydrogen-bond donors (Lipinski definition) is 2. The first-order valence-corrected chi connectivity index (χ1v) is 13.2. The van der Waals surface area contributed by atoms with Gasteiger partial charge in [0.15, 0.2) is 5.71 Å². The zero-order valence-corrected chi connectivity index (χ0v) is 24.0. The van der Waals surface area contributed by atoms with Gasteiger partial charge in [0, 0.05) is 47.1 Å². The summed E-state index contributed by atoms with van der Waals surface area (Å²) in [5.41, 5.74) is 4.10. The Kier molecular flexibility index (Phi) is 6.24. The maximum Gasteiger partial charge on any atom is 0.335 e. The van der Waals surface area contributed by atoms with Crippen molar-refractivity contribution in [3.63, 3.8) is 0 Å². The van der Waals surface area contributed by atoms with E-state index in [0.717, 1.165) is 33.9 Å². The van der Waals surface area contributed by atoms with Gasteiger partial charge in [-0.3, -0.25) is 0 Å². The minimum absolute atomic E-state index is 0.155. The van der Waals surface area contributed by atoms with Crippen molar-refractivity contribution in [2.75, 3.05) is 19.0 Å². The van der Waals surface area contributed by atoms with E-state index in [4.69, 9.17) is 0 Å². The Hall–Kier alpha value is -5.41. The molecular formula is C33H28N4O5. The van der Waals surface area contributed by atoms with Gasteiger partial charge in [-0.05, 0) is 67.0 Å². The fraction of sp³-hybridized carbons (Fsp3) is 0.242. The number of anilines is 1. The topological polar surface area (TPSA) is 151 Å². The number of rotatable bonds is 4. The lowest BCUT2D eigenvalue weighted by Gasteiger charge is -2.36. The van der Waals surface area contributed by atoms with Crippen molar-refractivity contribution in [3.8, 4) is 12.1 Å². The Morgan fingerprint density at radius 2 is 1.50 bits per heavy atom. The van der Waals surface area contributed by atoms with Gasteiger partial charge in [-0.15, -0.1) is 0 Å². The van der Waals surface area contributed by atoms with Crippen molar-refractivity contribution < 1.29 is 29.5 Å². The van der Waals surface area contributed by atoms with Crippen LogP contribution in [0, 0.1) is 22.7 Å². The second-order valence-electron chi connectivity index (χ2n) is 11.6. The van der Waals surface area contributed by atoms with Crippen molar-refractivity contribution in [1.82, 2.24) is 0 Å². The van der Waals surface area contributed by atoms with Gasteiger partial charge < -0.3 is 20.2 Å². The van der Waals surface area contributed by atoms with Gasteiger partial charge in [0.25, 0.3) is 0 Å². The lowest BCUT2D eigenvalue weighted by atomic mass is 9.74. The Morgan fingerprint density at radius 1 is 0.929 bits per heavy atom. The number of fused-ring (bicyclic) bond motifs is 2. The van der Waals surface area contributed by atoms with Gasteiger partial charge in [-0.25, -0.2) is 9.59 Å². The molecule has 2 aromatic rings. The molecule has 3 aliphatic rings. The number of nitrogens with zero attached hydrogens (tertiary/aromatic N) is 4. The first-order chi connectivity index (χ1) is 19.7. The quantitative estimate of drug-likeness (QED) is 0.415. The second-order valence-corrected chi connectivity index (χ2v) is 11.6. The maximum absolute atomic E-state index is 13.7. The third kappa shape index (κ3) is 3.86. The number of carboxylic acid groups (broad SMARTS) is 2. The molecule has 0 aromatic heterocycles. The Labute approximate surface area is 243 Å². The third-order valence-electron chi connectivity index (χ3n) is 8.62. The van der Waals surface area contributed by atoms with Crippen LogP contribution in [0.3, 0.4) is 0 Å². The molecule has 42 heavy (non-hydrogen) atoms. The van der Waals surface area contributed by atoms with Gasteiger partial charge >= 0.3 is 11.9 Å². The van der Waals surface area contributed by atoms with Crippen LogP contribution in [0.2, 0.25) is 0 Å². The van der Waals surface area contributed by atoms with E-state index in [2.05, 4.69) is 0 Å². The van der Waals surface area contributed by atoms with Crippen LogP contribution in [0.5, 0.6) is 0 Å². The van der Waals surface area contributed by atoms with Crippen LogP contribution in [-0.4, -0.2) is 46.5 Å². The molecule has 2 heterocycles. The molecule has 9 heteroatoms. The highest BCUT2D eigenvalue weighted by Crippen LogP contribution is 2.50. The van der Waals surface area contributed by atoms with Crippen LogP contribution in [0.1, 0.15) is 59.5 Å². The minimum Gasteiger partial charge on any atom is -0.872 e. The molecule has 0 radical (unpaired) electrons. The summed E-state index contributed by atoms with van der Waals surface area (Å²) in [5, 5.41) is 52.4. The zero-order chi connectivity index (χ0) is 30.9. The van der Waals surface area contributed by atoms with E-state index >= 15 is 0 Å². The van der Waals surface area contributed by atoms with Gasteiger partial charge in [0.1, 0.15) is 24.8 Å². The number of carboxylic acids is 2. The smallest absolute Gasteiger partial charge is 0.335 e. The van der Waals surface area contributed by atoms with Crippen LogP contribution in [0.4, 0.5) is 11.4 Å². The molecule has 210 valence electrons. The summed E-state index contributed by atoms with van der Waals surface area (Å²) >= 11 is 0. The molecule has 2 aromatic carbocycles. The van der Waals surface area contributed by atoms with Crippen LogP contribution >= 0.6 is 0 Å². The van der Waals surface area contributed by atoms with Crippen molar-refractivity contribution in [3.05, 3.63) is 105 Å². The average Bonchev–Trinajstić information content (AvgIpc) is 3.26. The number of allylic oxidation sites excluding steroid dienone is 6. The van der Waals surface area contributed by atoms with E-state index in [1.807, 2.05) is 63.4 Å². The summed E-state index contributed by atoms with van der Waals surface area (Å²) in [6, 6.07) is 13.6. The molecule has 0 unspecified atom stereocenters. The highest BCUT2D eigenvalue weighted by molar-refractivity contribution is 6.06. The Morgan fingerprint density at radius 3 is 2.07 bits per heavy atom. The Bertz CT molecular complexity index is 1870. The number of nitriles is 2. The second kappa shape index (κ2) is 9.32. The number of hydrogen-bond acceptors (Lipinski definition) is 6. The van der Waals surface area contributed by atoms with Gasteiger partial charge in [-0.1, -0.05) is 19.6 Å². The first-order valence-electron chi connectivity index (χ1n) is 13.2. The van der Waals surface area contributed by atoms with Crippen molar-refractivity contribution in [2.24, 2.45) is 0 Å². The summed E-state index contributed by atoms with van der Waals surface area (Å²) in [7, 11) is 3.65. The molecule has 0 spiro atoms. The predicted molar refractivity (Wildman–Crippen MR) is 154 cm³/mol. The standard InChI is InChI=1S/C33H28N4O5/c1-32(2)22-11-17(30(39)40)7-9-24(22)36(5)26(32)13-20-28(19(15-34)16-35)21(29(20)38)14-27-33(3,4)23-12-18(31(41)42)8-10-25(23)37(27)6/h7-14H,1-6H3,(H2-,38,39,40,41,42). The molecular weight excluding hydrogens is 532 g/mol. The normalized spacial score (nSPS) is 19.8. The summed E-state index contributed by atoms with van der Waals surface area (Å²) < 4.78 is 1.89. The van der Waals surface area contributed by atoms with Crippen molar-refractivity contribution in [1.29, 1.82) is 10.5 Å². The van der Waals surface area contributed by atoms with E-state index in [-0.39, 0.29) is 39.2 Å². The fourth-order valence-corrected chi connectivity index (χ4v) is 6.26. The first kappa shape index (κ1) is 28.1. The van der Waals surface area contributed by atoms with E-state index < -0.39 is 22.8 Å². The number of aromatic carboxylic acids is 2. The van der Waals surface area contributed by atoms with Gasteiger partial charge in [-0.2, -0.15) is 15.1 Å². The lowest BCUT2D eigenvalue weighted by Crippen LogP contribution is -2.31. The van der Waals surface area contributed by atoms with Gasteiger partial charge in [0.05, 0.1) is 16.5 Å². The predicted octanol–water partition coefficient (Wildman–Crippen LogP) is 4.30. The molecule has 9 nitrogen and oxygen atoms in total. The lowest BCUT2D eigenvalue weighted by molar-refractivity contribution is -0.401. The van der Waals surface area contributed by atoms with E-state index in [1.165, 1.54) is 12.1 Å². The molecule has 0 saturated heterocycles. The number of carbonyl (C=O) groups is 2. The molecule has 0 amide bonds. The molecule has 5 rings (SSSR count). The monoisotopic (exact) mass is 560 g/mol. The highest BCUT2D eigenvalue weighted by atomic mass is 16.4. The van der Waals surface area contributed by atoms with Gasteiger partial charge in [0.2, 0.25) is 5.69 Å². The molecule has 1 aliphatic carbocycles. The van der Waals surface area contributed by atoms with Crippen LogP contribution < -0.4 is 10.0 Å². The van der Waals surface area contributed by atoms with E-state index in [0.29, 0.717) is 0 Å². The summed E-state index contributed by atoms with van der Waals surface area (Å²) in [6.45, 7) is 7.72. The van der Waals surface area contributed by atoms with Crippen molar-refractivity contribution in [2.45, 2.75) is 38.5 Å². The maximum atomic E-state index is 13.7.